The topological polar surface area (TPSA) is 74.6 Å². The molecule has 1 aromatic rings. The third kappa shape index (κ3) is 5.12. The molecule has 0 spiro atoms. The fraction of sp³-hybridized carbons (Fsp3) is 0. The second-order valence-electron chi connectivity index (χ2n) is 2.21. The molecule has 0 aliphatic rings. The second kappa shape index (κ2) is 7.06. The van der Waals surface area contributed by atoms with E-state index in [-0.39, 0.29) is 72.0 Å². The van der Waals surface area contributed by atoms with Crippen molar-refractivity contribution in [1.29, 1.82) is 0 Å². The molecular weight excluding hydrogens is 285 g/mol. The summed E-state index contributed by atoms with van der Waals surface area (Å²) in [7, 11) is -4.50. The molecule has 76 valence electrons. The zero-order valence-electron chi connectivity index (χ0n) is 10.0. The summed E-state index contributed by atoms with van der Waals surface area (Å²) in [6.07, 6.45) is 0. The SMILES string of the molecule is O=S(=O)(O)c1cc(Cl)cc(Cl)c1O.[H-].[H-].[Na+].[Na+]. The maximum atomic E-state index is 10.6. The van der Waals surface area contributed by atoms with Crippen LogP contribution in [0.3, 0.4) is 0 Å². The fourth-order valence-electron chi connectivity index (χ4n) is 0.739. The molecule has 0 heterocycles. The summed E-state index contributed by atoms with van der Waals surface area (Å²) < 4.78 is 29.9. The van der Waals surface area contributed by atoms with Gasteiger partial charge in [-0.3, -0.25) is 4.55 Å². The number of phenolic OH excluding ortho intramolecular Hbond substituents is 1. The van der Waals surface area contributed by atoms with Crippen LogP contribution in [0.4, 0.5) is 0 Å². The molecule has 0 aliphatic heterocycles. The van der Waals surface area contributed by atoms with Crippen LogP contribution in [0.5, 0.6) is 5.75 Å². The molecule has 0 amide bonds. The number of aromatic hydroxyl groups is 1. The van der Waals surface area contributed by atoms with Gasteiger partial charge in [-0.2, -0.15) is 8.42 Å². The van der Waals surface area contributed by atoms with Gasteiger partial charge in [0.1, 0.15) is 4.90 Å². The maximum absolute atomic E-state index is 10.6. The molecule has 0 aliphatic carbocycles. The Labute approximate surface area is 144 Å². The van der Waals surface area contributed by atoms with Gasteiger partial charge in [0.15, 0.2) is 5.75 Å². The van der Waals surface area contributed by atoms with Gasteiger partial charge in [0.25, 0.3) is 10.1 Å². The Morgan fingerprint density at radius 3 is 2.07 bits per heavy atom. The van der Waals surface area contributed by atoms with Gasteiger partial charge >= 0.3 is 59.1 Å². The predicted molar refractivity (Wildman–Crippen MR) is 50.2 cm³/mol. The molecule has 0 atom stereocenters. The van der Waals surface area contributed by atoms with Crippen molar-refractivity contribution in [3.8, 4) is 5.75 Å². The number of hydrogen-bond donors (Lipinski definition) is 2. The molecule has 4 nitrogen and oxygen atoms in total. The predicted octanol–water partition coefficient (Wildman–Crippen LogP) is -3.82. The molecule has 0 saturated carbocycles. The van der Waals surface area contributed by atoms with Gasteiger partial charge in [0.05, 0.1) is 5.02 Å². The number of hydrogen-bond acceptors (Lipinski definition) is 3. The average molecular weight is 291 g/mol. The minimum absolute atomic E-state index is 0. The quantitative estimate of drug-likeness (QED) is 0.411. The van der Waals surface area contributed by atoms with Gasteiger partial charge in [0.2, 0.25) is 0 Å². The first kappa shape index (κ1) is 18.9. The summed E-state index contributed by atoms with van der Waals surface area (Å²) in [5.74, 6) is -0.714. The van der Waals surface area contributed by atoms with Crippen molar-refractivity contribution in [1.82, 2.24) is 0 Å². The zero-order chi connectivity index (χ0) is 10.2. The van der Waals surface area contributed by atoms with Crippen molar-refractivity contribution in [3.63, 3.8) is 0 Å². The summed E-state index contributed by atoms with van der Waals surface area (Å²) in [6.45, 7) is 0. The number of benzene rings is 1. The Kier molecular flexibility index (Phi) is 8.88. The number of rotatable bonds is 1. The first-order chi connectivity index (χ1) is 5.82. The van der Waals surface area contributed by atoms with E-state index in [0.717, 1.165) is 12.1 Å². The number of phenols is 1. The molecule has 2 N–H and O–H groups in total. The maximum Gasteiger partial charge on any atom is 1.00 e. The van der Waals surface area contributed by atoms with E-state index in [2.05, 4.69) is 0 Å². The van der Waals surface area contributed by atoms with Crippen molar-refractivity contribution in [2.24, 2.45) is 0 Å². The minimum atomic E-state index is -4.50. The molecule has 0 radical (unpaired) electrons. The van der Waals surface area contributed by atoms with Gasteiger partial charge in [-0.15, -0.1) is 0 Å². The Bertz CT molecular complexity index is 458. The first-order valence-corrected chi connectivity index (χ1v) is 5.17. The normalized spacial score (nSPS) is 10.1. The van der Waals surface area contributed by atoms with E-state index in [1.807, 2.05) is 0 Å². The largest absolute Gasteiger partial charge is 1.00 e. The van der Waals surface area contributed by atoms with Gasteiger partial charge < -0.3 is 7.96 Å². The van der Waals surface area contributed by atoms with Crippen LogP contribution in [0.2, 0.25) is 10.0 Å². The van der Waals surface area contributed by atoms with E-state index >= 15 is 0 Å². The van der Waals surface area contributed by atoms with Crippen LogP contribution in [0.25, 0.3) is 0 Å². The summed E-state index contributed by atoms with van der Waals surface area (Å²) in [6, 6.07) is 2.06. The smallest absolute Gasteiger partial charge is 1.00 e. The second-order valence-corrected chi connectivity index (χ2v) is 4.44. The summed E-state index contributed by atoms with van der Waals surface area (Å²) >= 11 is 10.9. The van der Waals surface area contributed by atoms with Crippen LogP contribution in [0.15, 0.2) is 17.0 Å². The van der Waals surface area contributed by atoms with Crippen molar-refractivity contribution in [2.75, 3.05) is 0 Å². The van der Waals surface area contributed by atoms with E-state index in [1.54, 1.807) is 0 Å². The third-order valence-electron chi connectivity index (χ3n) is 1.27. The van der Waals surface area contributed by atoms with Crippen LogP contribution in [-0.4, -0.2) is 18.1 Å². The Morgan fingerprint density at radius 2 is 1.67 bits per heavy atom. The van der Waals surface area contributed by atoms with Gasteiger partial charge in [-0.25, -0.2) is 0 Å². The Balaban J connectivity index is -0.000000211. The Hall–Kier alpha value is 1.51. The average Bonchev–Trinajstić information content (AvgIpc) is 1.94. The number of halogens is 2. The van der Waals surface area contributed by atoms with Crippen molar-refractivity contribution in [2.45, 2.75) is 4.90 Å². The summed E-state index contributed by atoms with van der Waals surface area (Å²) in [5, 5.41) is 8.90. The molecule has 0 aromatic heterocycles. The van der Waals surface area contributed by atoms with E-state index < -0.39 is 20.8 Å². The molecule has 0 saturated heterocycles. The van der Waals surface area contributed by atoms with Crippen molar-refractivity contribution < 1.29 is 80.0 Å². The molecule has 1 rings (SSSR count). The van der Waals surface area contributed by atoms with Crippen LogP contribution < -0.4 is 59.1 Å². The fourth-order valence-corrected chi connectivity index (χ4v) is 1.98. The molecule has 0 fully saturated rings. The molecule has 1 aromatic carbocycles. The van der Waals surface area contributed by atoms with Crippen LogP contribution in [0.1, 0.15) is 2.85 Å². The molecule has 0 bridgehead atoms. The van der Waals surface area contributed by atoms with E-state index in [0.29, 0.717) is 0 Å². The van der Waals surface area contributed by atoms with Crippen LogP contribution in [-0.2, 0) is 10.1 Å². The monoisotopic (exact) mass is 290 g/mol. The zero-order valence-corrected chi connectivity index (χ0v) is 14.4. The van der Waals surface area contributed by atoms with E-state index in [4.69, 9.17) is 32.9 Å². The van der Waals surface area contributed by atoms with Gasteiger partial charge in [-0.05, 0) is 12.1 Å². The first-order valence-electron chi connectivity index (χ1n) is 2.98. The van der Waals surface area contributed by atoms with Gasteiger partial charge in [0, 0.05) is 5.02 Å². The molecule has 0 unspecified atom stereocenters. The van der Waals surface area contributed by atoms with Crippen LogP contribution in [0, 0.1) is 0 Å². The van der Waals surface area contributed by atoms with E-state index in [1.165, 1.54) is 0 Å². The Morgan fingerprint density at radius 1 is 1.20 bits per heavy atom. The van der Waals surface area contributed by atoms with Gasteiger partial charge in [-0.1, -0.05) is 23.2 Å². The third-order valence-corrected chi connectivity index (χ3v) is 2.64. The van der Waals surface area contributed by atoms with E-state index in [9.17, 15) is 8.42 Å². The molecular formula is C6H6Cl2Na2O4S. The minimum Gasteiger partial charge on any atom is -1.00 e. The molecule has 15 heavy (non-hydrogen) atoms. The standard InChI is InChI=1S/C6H4Cl2O4S.2Na.2H/c7-3-1-4(8)6(9)5(2-3)13(10,11)12;;;;/h1-2,9H,(H,10,11,12);;;;/q;2*+1;2*-1. The van der Waals surface area contributed by atoms with Crippen molar-refractivity contribution in [3.05, 3.63) is 22.2 Å². The van der Waals surface area contributed by atoms with Crippen molar-refractivity contribution >= 4 is 33.3 Å². The van der Waals surface area contributed by atoms with Crippen LogP contribution >= 0.6 is 23.2 Å². The molecule has 9 heteroatoms. The summed E-state index contributed by atoms with van der Waals surface area (Å²) in [4.78, 5) is -0.704. The summed E-state index contributed by atoms with van der Waals surface area (Å²) in [5.41, 5.74) is 0.